The quantitative estimate of drug-likeness (QED) is 0.899. The van der Waals surface area contributed by atoms with Crippen LogP contribution in [0.15, 0.2) is 21.9 Å². The van der Waals surface area contributed by atoms with Crippen LogP contribution in [-0.4, -0.2) is 34.0 Å². The Morgan fingerprint density at radius 2 is 2.24 bits per heavy atom. The molecule has 8 nitrogen and oxygen atoms in total. The molecule has 3 heterocycles. The highest BCUT2D eigenvalue weighted by Crippen LogP contribution is 2.37. The first kappa shape index (κ1) is 14.1. The van der Waals surface area contributed by atoms with E-state index in [4.69, 9.17) is 10.3 Å². The van der Waals surface area contributed by atoms with Gasteiger partial charge in [-0.05, 0) is 19.8 Å². The third kappa shape index (κ3) is 2.22. The summed E-state index contributed by atoms with van der Waals surface area (Å²) >= 11 is 0. The summed E-state index contributed by atoms with van der Waals surface area (Å²) in [5.74, 6) is 0.575. The van der Waals surface area contributed by atoms with Gasteiger partial charge in [0.1, 0.15) is 0 Å². The van der Waals surface area contributed by atoms with Crippen LogP contribution in [0.25, 0.3) is 0 Å². The maximum atomic E-state index is 12.9. The van der Waals surface area contributed by atoms with Gasteiger partial charge in [-0.25, -0.2) is 13.4 Å². The fraction of sp³-hybridized carbons (Fsp3) is 0.500. The minimum absolute atomic E-state index is 0.0110. The van der Waals surface area contributed by atoms with Gasteiger partial charge < -0.3 is 14.8 Å². The molecule has 9 heteroatoms. The Kier molecular flexibility index (Phi) is 3.25. The average molecular weight is 311 g/mol. The first-order chi connectivity index (χ1) is 9.91. The summed E-state index contributed by atoms with van der Waals surface area (Å²) in [6.45, 7) is 2.23. The second-order valence-electron chi connectivity index (χ2n) is 5.19. The number of rotatable bonds is 3. The largest absolute Gasteiger partial charge is 0.381 e. The summed E-state index contributed by atoms with van der Waals surface area (Å²) in [6.07, 6.45) is 2.86. The van der Waals surface area contributed by atoms with Crippen molar-refractivity contribution in [2.45, 2.75) is 30.8 Å². The maximum Gasteiger partial charge on any atom is 0.263 e. The van der Waals surface area contributed by atoms with Gasteiger partial charge in [0.2, 0.25) is 0 Å². The molecule has 0 aliphatic carbocycles. The Morgan fingerprint density at radius 1 is 1.48 bits per heavy atom. The van der Waals surface area contributed by atoms with Crippen LogP contribution in [-0.2, 0) is 17.1 Å². The van der Waals surface area contributed by atoms with Gasteiger partial charge in [-0.1, -0.05) is 5.16 Å². The van der Waals surface area contributed by atoms with E-state index in [0.29, 0.717) is 18.7 Å². The van der Waals surface area contributed by atoms with E-state index >= 15 is 0 Å². The molecule has 114 valence electrons. The second-order valence-corrected chi connectivity index (χ2v) is 7.00. The number of hydrogen-bond acceptors (Lipinski definition) is 6. The molecule has 0 spiro atoms. The number of nitrogen functional groups attached to an aromatic ring is 1. The van der Waals surface area contributed by atoms with Gasteiger partial charge in [-0.2, -0.15) is 4.31 Å². The summed E-state index contributed by atoms with van der Waals surface area (Å²) in [5, 5.41) is 3.86. The molecule has 2 aromatic heterocycles. The number of nitrogens with zero attached hydrogens (tertiary/aromatic N) is 4. The smallest absolute Gasteiger partial charge is 0.263 e. The lowest BCUT2D eigenvalue weighted by Crippen LogP contribution is -2.32. The Balaban J connectivity index is 2.02. The second kappa shape index (κ2) is 4.85. The molecule has 1 atom stereocenters. The summed E-state index contributed by atoms with van der Waals surface area (Å²) in [7, 11) is -2.11. The molecule has 1 aliphatic rings. The van der Waals surface area contributed by atoms with Crippen LogP contribution in [0, 0.1) is 6.92 Å². The molecular formula is C12H17N5O3S. The fourth-order valence-corrected chi connectivity index (χ4v) is 4.58. The van der Waals surface area contributed by atoms with Crippen molar-refractivity contribution >= 4 is 15.8 Å². The highest BCUT2D eigenvalue weighted by Gasteiger charge is 2.40. The molecule has 0 amide bonds. The van der Waals surface area contributed by atoms with Crippen LogP contribution >= 0.6 is 0 Å². The highest BCUT2D eigenvalue weighted by molar-refractivity contribution is 7.89. The van der Waals surface area contributed by atoms with Gasteiger partial charge in [-0.3, -0.25) is 0 Å². The van der Waals surface area contributed by atoms with E-state index in [9.17, 15) is 8.42 Å². The summed E-state index contributed by atoms with van der Waals surface area (Å²) in [6, 6.07) is 1.43. The Hall–Kier alpha value is -1.87. The predicted molar refractivity (Wildman–Crippen MR) is 74.7 cm³/mol. The van der Waals surface area contributed by atoms with Crippen molar-refractivity contribution < 1.29 is 12.9 Å². The van der Waals surface area contributed by atoms with Gasteiger partial charge in [0.15, 0.2) is 16.6 Å². The Bertz CT molecular complexity index is 744. The fourth-order valence-electron chi connectivity index (χ4n) is 2.71. The standard InChI is InChI=1S/C12H17N5O3S/c1-8-6-10(20-15-8)9-4-3-5-17(9)21(18,19)12-11(13)14-7-16(12)2/h6-7,9H,3-5,13H2,1-2H3. The Labute approximate surface area is 122 Å². The highest BCUT2D eigenvalue weighted by atomic mass is 32.2. The summed E-state index contributed by atoms with van der Waals surface area (Å²) in [5.41, 5.74) is 6.44. The zero-order valence-corrected chi connectivity index (χ0v) is 12.7. The van der Waals surface area contributed by atoms with Gasteiger partial charge in [-0.15, -0.1) is 0 Å². The van der Waals surface area contributed by atoms with E-state index in [0.717, 1.165) is 12.1 Å². The van der Waals surface area contributed by atoms with Crippen LogP contribution in [0.2, 0.25) is 0 Å². The number of imidazole rings is 1. The zero-order valence-electron chi connectivity index (χ0n) is 11.9. The van der Waals surface area contributed by atoms with Crippen LogP contribution in [0.5, 0.6) is 0 Å². The van der Waals surface area contributed by atoms with Crippen LogP contribution in [0.1, 0.15) is 30.3 Å². The molecule has 0 aromatic carbocycles. The predicted octanol–water partition coefficient (Wildman–Crippen LogP) is 0.825. The lowest BCUT2D eigenvalue weighted by Gasteiger charge is -2.22. The monoisotopic (exact) mass is 311 g/mol. The van der Waals surface area contributed by atoms with E-state index in [1.165, 1.54) is 15.2 Å². The molecule has 1 saturated heterocycles. The molecule has 2 aromatic rings. The molecule has 1 fully saturated rings. The number of aromatic nitrogens is 3. The van der Waals surface area contributed by atoms with E-state index < -0.39 is 10.0 Å². The summed E-state index contributed by atoms with van der Waals surface area (Å²) < 4.78 is 33.8. The number of sulfonamides is 1. The molecule has 1 unspecified atom stereocenters. The van der Waals surface area contributed by atoms with E-state index in [1.54, 1.807) is 20.0 Å². The maximum absolute atomic E-state index is 12.9. The minimum Gasteiger partial charge on any atom is -0.381 e. The van der Waals surface area contributed by atoms with Gasteiger partial charge in [0.25, 0.3) is 10.0 Å². The third-order valence-corrected chi connectivity index (χ3v) is 5.68. The number of nitrogens with two attached hydrogens (primary N) is 1. The van der Waals surface area contributed by atoms with Gasteiger partial charge >= 0.3 is 0 Å². The topological polar surface area (TPSA) is 107 Å². The number of hydrogen-bond donors (Lipinski definition) is 1. The van der Waals surface area contributed by atoms with E-state index in [2.05, 4.69) is 10.1 Å². The summed E-state index contributed by atoms with van der Waals surface area (Å²) in [4.78, 5) is 3.85. The SMILES string of the molecule is Cc1cc(C2CCCN2S(=O)(=O)c2c(N)ncn2C)on1. The van der Waals surface area contributed by atoms with Gasteiger partial charge in [0.05, 0.1) is 18.1 Å². The van der Waals surface area contributed by atoms with Crippen molar-refractivity contribution in [1.82, 2.24) is 19.0 Å². The Morgan fingerprint density at radius 3 is 2.81 bits per heavy atom. The van der Waals surface area contributed by atoms with Crippen LogP contribution in [0.4, 0.5) is 5.82 Å². The normalized spacial score (nSPS) is 20.2. The molecule has 0 radical (unpaired) electrons. The molecular weight excluding hydrogens is 294 g/mol. The average Bonchev–Trinajstić information content (AvgIpc) is 3.09. The van der Waals surface area contributed by atoms with E-state index in [1.807, 2.05) is 0 Å². The number of anilines is 1. The van der Waals surface area contributed by atoms with Crippen molar-refractivity contribution in [2.24, 2.45) is 7.05 Å². The molecule has 3 rings (SSSR count). The first-order valence-electron chi connectivity index (χ1n) is 6.63. The van der Waals surface area contributed by atoms with Crippen molar-refractivity contribution in [1.29, 1.82) is 0 Å². The molecule has 0 bridgehead atoms. The minimum atomic E-state index is -3.72. The lowest BCUT2D eigenvalue weighted by atomic mass is 10.2. The molecule has 0 saturated carbocycles. The van der Waals surface area contributed by atoms with Crippen LogP contribution < -0.4 is 5.73 Å². The van der Waals surface area contributed by atoms with Crippen LogP contribution in [0.3, 0.4) is 0 Å². The number of aryl methyl sites for hydroxylation is 2. The molecule has 2 N–H and O–H groups in total. The lowest BCUT2D eigenvalue weighted by molar-refractivity contribution is 0.296. The molecule has 1 aliphatic heterocycles. The molecule has 21 heavy (non-hydrogen) atoms. The zero-order chi connectivity index (χ0) is 15.2. The first-order valence-corrected chi connectivity index (χ1v) is 8.07. The van der Waals surface area contributed by atoms with Crippen molar-refractivity contribution in [3.8, 4) is 0 Å². The third-order valence-electron chi connectivity index (χ3n) is 3.64. The van der Waals surface area contributed by atoms with Gasteiger partial charge in [0, 0.05) is 19.7 Å². The van der Waals surface area contributed by atoms with Crippen molar-refractivity contribution in [3.05, 3.63) is 23.8 Å². The van der Waals surface area contributed by atoms with Crippen molar-refractivity contribution in [3.63, 3.8) is 0 Å². The van der Waals surface area contributed by atoms with E-state index in [-0.39, 0.29) is 16.9 Å². The van der Waals surface area contributed by atoms with Crippen molar-refractivity contribution in [2.75, 3.05) is 12.3 Å².